The number of carbonyl (C=O) groups is 1. The zero-order chi connectivity index (χ0) is 13.2. The van der Waals surface area contributed by atoms with E-state index in [0.29, 0.717) is 5.56 Å². The molecule has 1 rings (SSSR count). The molecule has 1 unspecified atom stereocenters. The van der Waals surface area contributed by atoms with Crippen LogP contribution < -0.4 is 0 Å². The van der Waals surface area contributed by atoms with Crippen molar-refractivity contribution in [2.75, 3.05) is 0 Å². The van der Waals surface area contributed by atoms with Gasteiger partial charge in [-0.3, -0.25) is 0 Å². The van der Waals surface area contributed by atoms with Gasteiger partial charge in [-0.05, 0) is 42.4 Å². The van der Waals surface area contributed by atoms with Gasteiger partial charge in [0, 0.05) is 0 Å². The Morgan fingerprint density at radius 1 is 1.44 bits per heavy atom. The Morgan fingerprint density at radius 3 is 2.78 bits per heavy atom. The number of hydrogen-bond acceptors (Lipinski definition) is 2. The molecular weight excluding hydrogens is 224 g/mol. The summed E-state index contributed by atoms with van der Waals surface area (Å²) in [7, 11) is 0. The average Bonchev–Trinajstić information content (AvgIpc) is 2.42. The first-order valence-electron chi connectivity index (χ1n) is 5.66. The monoisotopic (exact) mass is 238 g/mol. The first-order valence-corrected chi connectivity index (χ1v) is 5.66. The van der Waals surface area contributed by atoms with E-state index in [-0.39, 0.29) is 0 Å². The van der Waals surface area contributed by atoms with Crippen molar-refractivity contribution >= 4 is 5.97 Å². The Balaban J connectivity index is 2.75. The van der Waals surface area contributed by atoms with Gasteiger partial charge in [0.1, 0.15) is 0 Å². The maximum absolute atomic E-state index is 11.8. The summed E-state index contributed by atoms with van der Waals surface area (Å²) < 4.78 is 5.25. The molecule has 90 valence electrons. The van der Waals surface area contributed by atoms with E-state index in [2.05, 4.69) is 17.8 Å². The van der Waals surface area contributed by atoms with Gasteiger partial charge >= 0.3 is 5.97 Å². The van der Waals surface area contributed by atoms with Gasteiger partial charge in [-0.15, -0.1) is 6.42 Å². The Morgan fingerprint density at radius 2 is 2.17 bits per heavy atom. The van der Waals surface area contributed by atoms with Crippen LogP contribution in [-0.2, 0) is 4.74 Å². The van der Waals surface area contributed by atoms with E-state index in [1.165, 1.54) is 0 Å². The summed E-state index contributed by atoms with van der Waals surface area (Å²) in [4.78, 5) is 11.8. The van der Waals surface area contributed by atoms with E-state index in [4.69, 9.17) is 11.2 Å². The number of allylic oxidation sites excluding steroid dienone is 1. The SMILES string of the molecule is C#CC#CC(/C=C/CC)OC(=O)c1ccccc1. The van der Waals surface area contributed by atoms with E-state index in [9.17, 15) is 4.79 Å². The smallest absolute Gasteiger partial charge is 0.339 e. The molecule has 0 N–H and O–H groups in total. The Kier molecular flexibility index (Phi) is 5.87. The second-order valence-electron chi connectivity index (χ2n) is 3.44. The van der Waals surface area contributed by atoms with Crippen LogP contribution >= 0.6 is 0 Å². The normalized spacial score (nSPS) is 11.1. The van der Waals surface area contributed by atoms with E-state index >= 15 is 0 Å². The van der Waals surface area contributed by atoms with Crippen LogP contribution in [0.1, 0.15) is 23.7 Å². The van der Waals surface area contributed by atoms with Crippen LogP contribution in [0.15, 0.2) is 42.5 Å². The minimum Gasteiger partial charge on any atom is -0.441 e. The summed E-state index contributed by atoms with van der Waals surface area (Å²) in [6.07, 6.45) is 8.91. The van der Waals surface area contributed by atoms with Crippen molar-refractivity contribution in [3.05, 3.63) is 48.0 Å². The molecule has 0 heterocycles. The van der Waals surface area contributed by atoms with E-state index < -0.39 is 12.1 Å². The van der Waals surface area contributed by atoms with Gasteiger partial charge in [0.2, 0.25) is 0 Å². The molecule has 2 heteroatoms. The molecule has 0 radical (unpaired) electrons. The molecule has 1 aromatic carbocycles. The number of terminal acetylenes is 1. The summed E-state index contributed by atoms with van der Waals surface area (Å²) in [6.45, 7) is 1.99. The lowest BCUT2D eigenvalue weighted by Crippen LogP contribution is -2.14. The maximum atomic E-state index is 11.8. The zero-order valence-corrected chi connectivity index (χ0v) is 10.2. The highest BCUT2D eigenvalue weighted by atomic mass is 16.5. The third-order valence-corrected chi connectivity index (χ3v) is 2.08. The molecule has 0 aliphatic heterocycles. The number of ether oxygens (including phenoxy) is 1. The minimum absolute atomic E-state index is 0.410. The van der Waals surface area contributed by atoms with Crippen molar-refractivity contribution in [2.24, 2.45) is 0 Å². The summed E-state index contributed by atoms with van der Waals surface area (Å²) >= 11 is 0. The second-order valence-corrected chi connectivity index (χ2v) is 3.44. The fraction of sp³-hybridized carbons (Fsp3) is 0.188. The van der Waals surface area contributed by atoms with Gasteiger partial charge in [0.25, 0.3) is 0 Å². The zero-order valence-electron chi connectivity index (χ0n) is 10.2. The highest BCUT2D eigenvalue weighted by molar-refractivity contribution is 5.89. The lowest BCUT2D eigenvalue weighted by molar-refractivity contribution is 0.0475. The van der Waals surface area contributed by atoms with Gasteiger partial charge in [0.05, 0.1) is 5.56 Å². The van der Waals surface area contributed by atoms with Gasteiger partial charge in [-0.1, -0.05) is 31.2 Å². The molecular formula is C16H14O2. The summed E-state index contributed by atoms with van der Waals surface area (Å²) in [6, 6.07) is 8.78. The number of benzene rings is 1. The molecule has 0 spiro atoms. The predicted molar refractivity (Wildman–Crippen MR) is 71.7 cm³/mol. The third-order valence-electron chi connectivity index (χ3n) is 2.08. The van der Waals surface area contributed by atoms with Gasteiger partial charge in [0.15, 0.2) is 6.10 Å². The highest BCUT2D eigenvalue weighted by Gasteiger charge is 2.10. The van der Waals surface area contributed by atoms with Crippen LogP contribution in [0.5, 0.6) is 0 Å². The van der Waals surface area contributed by atoms with Crippen LogP contribution in [0.2, 0.25) is 0 Å². The van der Waals surface area contributed by atoms with Gasteiger partial charge in [-0.25, -0.2) is 4.79 Å². The van der Waals surface area contributed by atoms with Gasteiger partial charge < -0.3 is 4.74 Å². The van der Waals surface area contributed by atoms with Crippen LogP contribution in [-0.4, -0.2) is 12.1 Å². The third kappa shape index (κ3) is 4.60. The van der Waals surface area contributed by atoms with Crippen molar-refractivity contribution in [1.82, 2.24) is 0 Å². The largest absolute Gasteiger partial charge is 0.441 e. The van der Waals surface area contributed by atoms with Crippen LogP contribution in [0.3, 0.4) is 0 Å². The second kappa shape index (κ2) is 7.76. The molecule has 0 aliphatic carbocycles. The van der Waals surface area contributed by atoms with Crippen molar-refractivity contribution in [3.63, 3.8) is 0 Å². The van der Waals surface area contributed by atoms with Crippen LogP contribution in [0, 0.1) is 24.2 Å². The van der Waals surface area contributed by atoms with E-state index in [0.717, 1.165) is 6.42 Å². The summed E-state index contributed by atoms with van der Waals surface area (Å²) in [5.41, 5.74) is 0.495. The molecule has 1 aromatic rings. The molecule has 0 fully saturated rings. The number of rotatable bonds is 4. The first-order chi connectivity index (χ1) is 8.77. The minimum atomic E-state index is -0.603. The Hall–Kier alpha value is -2.45. The maximum Gasteiger partial charge on any atom is 0.339 e. The fourth-order valence-electron chi connectivity index (χ4n) is 1.25. The predicted octanol–water partition coefficient (Wildman–Crippen LogP) is 2.81. The van der Waals surface area contributed by atoms with Gasteiger partial charge in [-0.2, -0.15) is 0 Å². The molecule has 0 bridgehead atoms. The standard InChI is InChI=1S/C16H14O2/c1-3-5-12-15(13-6-4-2)18-16(17)14-10-8-7-9-11-14/h1,6-11,13,15H,4H2,2H3/b13-6+. The summed E-state index contributed by atoms with van der Waals surface area (Å²) in [5.74, 6) is 6.94. The molecule has 1 atom stereocenters. The molecule has 0 saturated heterocycles. The first kappa shape index (κ1) is 13.6. The Labute approximate surface area is 108 Å². The number of carbonyl (C=O) groups excluding carboxylic acids is 1. The molecule has 0 aromatic heterocycles. The highest BCUT2D eigenvalue weighted by Crippen LogP contribution is 2.04. The number of hydrogen-bond donors (Lipinski definition) is 0. The average molecular weight is 238 g/mol. The fourth-order valence-corrected chi connectivity index (χ4v) is 1.25. The van der Waals surface area contributed by atoms with E-state index in [1.807, 2.05) is 19.1 Å². The lowest BCUT2D eigenvalue weighted by Gasteiger charge is -2.08. The topological polar surface area (TPSA) is 26.3 Å². The quantitative estimate of drug-likeness (QED) is 0.458. The molecule has 0 amide bonds. The Bertz CT molecular complexity index is 510. The van der Waals surface area contributed by atoms with Crippen LogP contribution in [0.25, 0.3) is 0 Å². The molecule has 18 heavy (non-hydrogen) atoms. The van der Waals surface area contributed by atoms with Crippen molar-refractivity contribution < 1.29 is 9.53 Å². The van der Waals surface area contributed by atoms with Crippen molar-refractivity contribution in [3.8, 4) is 24.2 Å². The lowest BCUT2D eigenvalue weighted by atomic mass is 10.2. The molecule has 0 saturated carbocycles. The van der Waals surface area contributed by atoms with Crippen molar-refractivity contribution in [2.45, 2.75) is 19.4 Å². The number of esters is 1. The summed E-state index contributed by atoms with van der Waals surface area (Å²) in [5, 5.41) is 0. The van der Waals surface area contributed by atoms with E-state index in [1.54, 1.807) is 30.3 Å². The molecule has 0 aliphatic rings. The van der Waals surface area contributed by atoms with Crippen LogP contribution in [0.4, 0.5) is 0 Å². The van der Waals surface area contributed by atoms with Crippen molar-refractivity contribution in [1.29, 1.82) is 0 Å². The molecule has 2 nitrogen and oxygen atoms in total.